The van der Waals surface area contributed by atoms with Crippen molar-refractivity contribution >= 4 is 23.7 Å². The molecule has 0 rings (SSSR count). The van der Waals surface area contributed by atoms with Crippen molar-refractivity contribution in [1.29, 1.82) is 0 Å². The molecule has 0 aromatic carbocycles. The van der Waals surface area contributed by atoms with Crippen LogP contribution in [-0.4, -0.2) is 73.1 Å². The molecule has 32 heavy (non-hydrogen) atoms. The monoisotopic (exact) mass is 459 g/mol. The van der Waals surface area contributed by atoms with Crippen LogP contribution < -0.4 is 38.9 Å². The fraction of sp³-hybridized carbons (Fsp3) is 0.800. The van der Waals surface area contributed by atoms with Crippen LogP contribution >= 0.6 is 0 Å². The molecule has 12 heteroatoms. The van der Waals surface area contributed by atoms with Gasteiger partial charge in [-0.15, -0.1) is 0 Å². The number of carbonyl (C=O) groups excluding carboxylic acids is 3. The number of carbonyl (C=O) groups is 4. The molecule has 0 aromatic rings. The third-order valence-corrected chi connectivity index (χ3v) is 4.88. The van der Waals surface area contributed by atoms with E-state index in [9.17, 15) is 19.2 Å². The standard InChI is InChI=1S/C20H41N7O5/c21-10-4-1-7-14(24)18(30)26-16(9-3-6-12-23)20(32)27-15(8-2-5-11-22)19(31)25-13-17(28)29/h14-16H,1-13,21-24H2,(H,25,31)(H,26,30)(H,27,32)(H,28,29)/t14-,15-,16-/m0/s1. The van der Waals surface area contributed by atoms with Crippen LogP contribution in [0.5, 0.6) is 0 Å². The van der Waals surface area contributed by atoms with E-state index >= 15 is 0 Å². The summed E-state index contributed by atoms with van der Waals surface area (Å²) in [5.74, 6) is -2.79. The predicted molar refractivity (Wildman–Crippen MR) is 121 cm³/mol. The molecule has 3 amide bonds. The number of rotatable bonds is 19. The van der Waals surface area contributed by atoms with Crippen molar-refractivity contribution in [2.45, 2.75) is 75.9 Å². The Hall–Kier alpha value is -2.28. The summed E-state index contributed by atoms with van der Waals surface area (Å²) in [5.41, 5.74) is 22.4. The van der Waals surface area contributed by atoms with E-state index in [1.807, 2.05) is 0 Å². The highest BCUT2D eigenvalue weighted by molar-refractivity contribution is 5.93. The molecule has 0 unspecified atom stereocenters. The maximum absolute atomic E-state index is 12.9. The van der Waals surface area contributed by atoms with Crippen LogP contribution in [0.15, 0.2) is 0 Å². The highest BCUT2D eigenvalue weighted by Crippen LogP contribution is 2.06. The Morgan fingerprint density at radius 3 is 1.56 bits per heavy atom. The minimum absolute atomic E-state index is 0.288. The van der Waals surface area contributed by atoms with Crippen LogP contribution in [0.4, 0.5) is 0 Å². The van der Waals surface area contributed by atoms with E-state index in [0.717, 1.165) is 6.42 Å². The van der Waals surface area contributed by atoms with Crippen molar-refractivity contribution in [3.8, 4) is 0 Å². The number of aliphatic carboxylic acids is 1. The summed E-state index contributed by atoms with van der Waals surface area (Å²) in [7, 11) is 0. The SMILES string of the molecule is NCCCC[C@H](NC(=O)[C@H](CCCCN)NC(=O)[C@@H](N)CCCCN)C(=O)NCC(=O)O. The number of hydrogen-bond donors (Lipinski definition) is 8. The number of nitrogens with one attached hydrogen (secondary N) is 3. The lowest BCUT2D eigenvalue weighted by Crippen LogP contribution is -2.56. The Bertz CT molecular complexity index is 577. The first kappa shape index (κ1) is 29.7. The first-order valence-electron chi connectivity index (χ1n) is 11.2. The molecular formula is C20H41N7O5. The molecule has 0 aromatic heterocycles. The van der Waals surface area contributed by atoms with Crippen LogP contribution in [0.25, 0.3) is 0 Å². The molecule has 0 fully saturated rings. The van der Waals surface area contributed by atoms with Crippen LogP contribution in [0, 0.1) is 0 Å². The van der Waals surface area contributed by atoms with E-state index < -0.39 is 48.4 Å². The topological polar surface area (TPSA) is 229 Å². The van der Waals surface area contributed by atoms with E-state index in [4.69, 9.17) is 28.0 Å². The molecule has 3 atom stereocenters. The maximum Gasteiger partial charge on any atom is 0.322 e. The summed E-state index contributed by atoms with van der Waals surface area (Å²) in [6, 6.07) is -2.61. The average Bonchev–Trinajstić information content (AvgIpc) is 2.76. The summed E-state index contributed by atoms with van der Waals surface area (Å²) in [5, 5.41) is 16.4. The van der Waals surface area contributed by atoms with Crippen molar-refractivity contribution in [3.05, 3.63) is 0 Å². The lowest BCUT2D eigenvalue weighted by atomic mass is 10.0. The van der Waals surface area contributed by atoms with Gasteiger partial charge in [-0.3, -0.25) is 19.2 Å². The van der Waals surface area contributed by atoms with Gasteiger partial charge in [-0.05, 0) is 71.0 Å². The van der Waals surface area contributed by atoms with Crippen molar-refractivity contribution in [3.63, 3.8) is 0 Å². The highest BCUT2D eigenvalue weighted by atomic mass is 16.4. The molecule has 0 aliphatic carbocycles. The van der Waals surface area contributed by atoms with Gasteiger partial charge in [0.2, 0.25) is 17.7 Å². The van der Waals surface area contributed by atoms with E-state index in [0.29, 0.717) is 64.6 Å². The summed E-state index contributed by atoms with van der Waals surface area (Å²) >= 11 is 0. The van der Waals surface area contributed by atoms with Gasteiger partial charge in [0.05, 0.1) is 6.04 Å². The van der Waals surface area contributed by atoms with E-state index in [1.165, 1.54) is 0 Å². The van der Waals surface area contributed by atoms with Gasteiger partial charge in [0.1, 0.15) is 18.6 Å². The molecular weight excluding hydrogens is 418 g/mol. The zero-order chi connectivity index (χ0) is 24.4. The van der Waals surface area contributed by atoms with Gasteiger partial charge in [0, 0.05) is 0 Å². The van der Waals surface area contributed by atoms with Crippen molar-refractivity contribution < 1.29 is 24.3 Å². The molecule has 0 heterocycles. The van der Waals surface area contributed by atoms with Gasteiger partial charge >= 0.3 is 5.97 Å². The van der Waals surface area contributed by atoms with Crippen LogP contribution in [0.2, 0.25) is 0 Å². The van der Waals surface area contributed by atoms with Gasteiger partial charge in [-0.25, -0.2) is 0 Å². The van der Waals surface area contributed by atoms with Gasteiger partial charge in [-0.2, -0.15) is 0 Å². The summed E-state index contributed by atoms with van der Waals surface area (Å²) in [4.78, 5) is 48.5. The fourth-order valence-electron chi connectivity index (χ4n) is 3.00. The lowest BCUT2D eigenvalue weighted by molar-refractivity contribution is -0.138. The molecule has 0 saturated carbocycles. The minimum atomic E-state index is -1.19. The molecule has 0 spiro atoms. The maximum atomic E-state index is 12.9. The predicted octanol–water partition coefficient (Wildman–Crippen LogP) is -2.13. The molecule has 0 saturated heterocycles. The van der Waals surface area contributed by atoms with Crippen LogP contribution in [0.3, 0.4) is 0 Å². The number of unbranched alkanes of at least 4 members (excludes halogenated alkanes) is 3. The number of carboxylic acids is 1. The van der Waals surface area contributed by atoms with Crippen LogP contribution in [0.1, 0.15) is 57.8 Å². The molecule has 0 aliphatic rings. The number of hydrogen-bond acceptors (Lipinski definition) is 8. The number of nitrogens with two attached hydrogens (primary N) is 4. The zero-order valence-corrected chi connectivity index (χ0v) is 18.8. The molecule has 0 radical (unpaired) electrons. The highest BCUT2D eigenvalue weighted by Gasteiger charge is 2.27. The zero-order valence-electron chi connectivity index (χ0n) is 18.8. The number of carboxylic acid groups (broad SMARTS) is 1. The average molecular weight is 460 g/mol. The smallest absolute Gasteiger partial charge is 0.322 e. The third kappa shape index (κ3) is 13.9. The van der Waals surface area contributed by atoms with Crippen LogP contribution in [-0.2, 0) is 19.2 Å². The first-order valence-corrected chi connectivity index (χ1v) is 11.2. The van der Waals surface area contributed by atoms with Gasteiger partial charge < -0.3 is 44.0 Å². The minimum Gasteiger partial charge on any atom is -0.480 e. The van der Waals surface area contributed by atoms with Gasteiger partial charge in [0.15, 0.2) is 0 Å². The molecule has 12 N–H and O–H groups in total. The summed E-state index contributed by atoms with van der Waals surface area (Å²) in [6.45, 7) is 0.821. The molecule has 186 valence electrons. The van der Waals surface area contributed by atoms with E-state index in [1.54, 1.807) is 0 Å². The Morgan fingerprint density at radius 1 is 0.656 bits per heavy atom. The first-order chi connectivity index (χ1) is 15.3. The van der Waals surface area contributed by atoms with Gasteiger partial charge in [-0.1, -0.05) is 6.42 Å². The van der Waals surface area contributed by atoms with E-state index in [2.05, 4.69) is 16.0 Å². The second kappa shape index (κ2) is 18.3. The van der Waals surface area contributed by atoms with E-state index in [-0.39, 0.29) is 6.42 Å². The van der Waals surface area contributed by atoms with Crippen molar-refractivity contribution in [2.24, 2.45) is 22.9 Å². The lowest BCUT2D eigenvalue weighted by Gasteiger charge is -2.24. The van der Waals surface area contributed by atoms with Crippen molar-refractivity contribution in [1.82, 2.24) is 16.0 Å². The summed E-state index contributed by atoms with van der Waals surface area (Å²) in [6.07, 6.45) is 4.98. The second-order valence-corrected chi connectivity index (χ2v) is 7.69. The largest absolute Gasteiger partial charge is 0.480 e. The van der Waals surface area contributed by atoms with Crippen molar-refractivity contribution in [2.75, 3.05) is 26.2 Å². The fourth-order valence-corrected chi connectivity index (χ4v) is 3.00. The normalized spacial score (nSPS) is 13.6. The Kier molecular flexibility index (Phi) is 17.0. The van der Waals surface area contributed by atoms with Gasteiger partial charge in [0.25, 0.3) is 0 Å². The molecule has 0 bridgehead atoms. The third-order valence-electron chi connectivity index (χ3n) is 4.88. The summed E-state index contributed by atoms with van der Waals surface area (Å²) < 4.78 is 0. The quantitative estimate of drug-likeness (QED) is 0.0984. The Labute approximate surface area is 189 Å². The Balaban J connectivity index is 5.16. The number of amides is 3. The second-order valence-electron chi connectivity index (χ2n) is 7.69. The molecule has 12 nitrogen and oxygen atoms in total. The molecule has 0 aliphatic heterocycles. The Morgan fingerprint density at radius 2 is 1.09 bits per heavy atom.